The van der Waals surface area contributed by atoms with Crippen molar-refractivity contribution in [1.29, 1.82) is 0 Å². The first-order valence-corrected chi connectivity index (χ1v) is 11.1. The normalized spacial score (nSPS) is 10.9. The predicted octanol–water partition coefficient (Wildman–Crippen LogP) is 4.23. The minimum absolute atomic E-state index is 0.210. The zero-order chi connectivity index (χ0) is 24.1. The number of nitrogens with zero attached hydrogens (tertiary/aromatic N) is 3. The van der Waals surface area contributed by atoms with Crippen LogP contribution in [-0.2, 0) is 30.6 Å². The van der Waals surface area contributed by atoms with Crippen molar-refractivity contribution in [3.05, 3.63) is 95.2 Å². The molecule has 3 aromatic carbocycles. The number of aryl methyl sites for hydroxylation is 2. The Hall–Kier alpha value is -4.00. The molecule has 0 bridgehead atoms. The van der Waals surface area contributed by atoms with Gasteiger partial charge in [-0.05, 0) is 58.5 Å². The third kappa shape index (κ3) is 5.49. The Kier molecular flexibility index (Phi) is 7.01. The molecular weight excluding hydrogens is 431 g/mol. The van der Waals surface area contributed by atoms with Crippen molar-refractivity contribution < 1.29 is 13.9 Å². The number of hydrogen-bond donors (Lipinski definition) is 1. The van der Waals surface area contributed by atoms with Gasteiger partial charge in [-0.25, -0.2) is 14.4 Å². The molecule has 0 atom stereocenters. The highest BCUT2D eigenvalue weighted by Crippen LogP contribution is 2.24. The number of fused-ring (bicyclic) bond motifs is 1. The number of hydrogen-bond acceptors (Lipinski definition) is 5. The lowest BCUT2D eigenvalue weighted by Crippen LogP contribution is -2.20. The molecule has 0 aliphatic heterocycles. The van der Waals surface area contributed by atoms with Crippen LogP contribution < -0.4 is 15.4 Å². The molecule has 1 aromatic heterocycles. The van der Waals surface area contributed by atoms with E-state index in [0.717, 1.165) is 33.2 Å². The van der Waals surface area contributed by atoms with Crippen LogP contribution in [0.15, 0.2) is 67.0 Å². The lowest BCUT2D eigenvalue weighted by atomic mass is 10.0. The smallest absolute Gasteiger partial charge is 0.221 e. The van der Waals surface area contributed by atoms with Crippen LogP contribution in [0.1, 0.15) is 22.4 Å². The summed E-state index contributed by atoms with van der Waals surface area (Å²) < 4.78 is 20.5. The molecule has 34 heavy (non-hydrogen) atoms. The summed E-state index contributed by atoms with van der Waals surface area (Å²) in [5.41, 5.74) is 8.56. The van der Waals surface area contributed by atoms with Gasteiger partial charge in [0.1, 0.15) is 12.1 Å². The molecule has 4 rings (SSSR count). The number of rotatable bonds is 9. The van der Waals surface area contributed by atoms with Crippen LogP contribution in [0, 0.1) is 5.82 Å². The molecule has 1 amide bonds. The summed E-state index contributed by atoms with van der Waals surface area (Å²) in [5.74, 6) is 0.323. The minimum Gasteiger partial charge on any atom is -0.497 e. The summed E-state index contributed by atoms with van der Waals surface area (Å²) >= 11 is 0. The quantitative estimate of drug-likeness (QED) is 0.406. The lowest BCUT2D eigenvalue weighted by Gasteiger charge is -2.20. The van der Waals surface area contributed by atoms with Crippen molar-refractivity contribution in [3.63, 3.8) is 0 Å². The number of ether oxygens (including phenoxy) is 1. The topological polar surface area (TPSA) is 81.3 Å². The van der Waals surface area contributed by atoms with Crippen LogP contribution >= 0.6 is 0 Å². The van der Waals surface area contributed by atoms with E-state index in [1.807, 2.05) is 61.6 Å². The summed E-state index contributed by atoms with van der Waals surface area (Å²) in [4.78, 5) is 21.2. The van der Waals surface area contributed by atoms with Crippen molar-refractivity contribution >= 4 is 22.5 Å². The fourth-order valence-electron chi connectivity index (χ4n) is 3.97. The molecule has 1 heterocycles. The van der Waals surface area contributed by atoms with Gasteiger partial charge in [-0.15, -0.1) is 0 Å². The van der Waals surface area contributed by atoms with Crippen molar-refractivity contribution in [2.75, 3.05) is 19.1 Å². The Bertz CT molecular complexity index is 1310. The largest absolute Gasteiger partial charge is 0.497 e. The maximum atomic E-state index is 15.2. The van der Waals surface area contributed by atoms with Crippen molar-refractivity contribution in [3.8, 4) is 5.75 Å². The van der Waals surface area contributed by atoms with Crippen LogP contribution in [0.5, 0.6) is 5.75 Å². The number of carbonyl (C=O) groups is 1. The molecule has 0 aliphatic carbocycles. The predicted molar refractivity (Wildman–Crippen MR) is 131 cm³/mol. The average Bonchev–Trinajstić information content (AvgIpc) is 2.83. The Morgan fingerprint density at radius 2 is 1.62 bits per heavy atom. The van der Waals surface area contributed by atoms with Gasteiger partial charge in [-0.2, -0.15) is 0 Å². The molecule has 0 saturated heterocycles. The number of methoxy groups -OCH3 is 1. The molecule has 0 saturated carbocycles. The number of halogens is 1. The van der Waals surface area contributed by atoms with Crippen LogP contribution in [0.4, 0.5) is 10.2 Å². The molecule has 7 heteroatoms. The molecule has 0 fully saturated rings. The summed E-state index contributed by atoms with van der Waals surface area (Å²) in [5, 5.41) is 2.18. The van der Waals surface area contributed by atoms with Gasteiger partial charge in [-0.3, -0.25) is 4.79 Å². The van der Waals surface area contributed by atoms with E-state index in [0.29, 0.717) is 25.1 Å². The molecule has 0 unspecified atom stereocenters. The number of benzene rings is 3. The highest BCUT2D eigenvalue weighted by atomic mass is 19.1. The summed E-state index contributed by atoms with van der Waals surface area (Å²) in [7, 11) is 3.47. The van der Waals surface area contributed by atoms with E-state index >= 15 is 4.39 Å². The number of carbonyl (C=O) groups excluding carboxylic acids is 1. The summed E-state index contributed by atoms with van der Waals surface area (Å²) in [6, 6.07) is 19.7. The Balaban J connectivity index is 1.44. The van der Waals surface area contributed by atoms with Gasteiger partial charge >= 0.3 is 0 Å². The van der Waals surface area contributed by atoms with E-state index in [2.05, 4.69) is 16.0 Å². The van der Waals surface area contributed by atoms with Gasteiger partial charge in [0.15, 0.2) is 11.6 Å². The monoisotopic (exact) mass is 458 g/mol. The van der Waals surface area contributed by atoms with Gasteiger partial charge in [0, 0.05) is 13.6 Å². The molecule has 174 valence electrons. The fourth-order valence-corrected chi connectivity index (χ4v) is 3.97. The number of aromatic nitrogens is 2. The van der Waals surface area contributed by atoms with Crippen molar-refractivity contribution in [1.82, 2.24) is 9.97 Å². The highest BCUT2D eigenvalue weighted by Gasteiger charge is 2.15. The van der Waals surface area contributed by atoms with E-state index in [4.69, 9.17) is 10.5 Å². The summed E-state index contributed by atoms with van der Waals surface area (Å²) in [6.45, 7) is 0.511. The van der Waals surface area contributed by atoms with E-state index < -0.39 is 5.82 Å². The Labute approximate surface area is 198 Å². The maximum absolute atomic E-state index is 15.2. The molecule has 0 aliphatic rings. The van der Waals surface area contributed by atoms with E-state index in [1.165, 1.54) is 6.33 Å². The lowest BCUT2D eigenvalue weighted by molar-refractivity contribution is -0.117. The van der Waals surface area contributed by atoms with E-state index in [9.17, 15) is 4.79 Å². The Morgan fingerprint density at radius 1 is 0.941 bits per heavy atom. The van der Waals surface area contributed by atoms with Gasteiger partial charge in [-0.1, -0.05) is 42.5 Å². The minimum atomic E-state index is -0.402. The number of nitrogens with two attached hydrogens (primary N) is 1. The first kappa shape index (κ1) is 23.2. The second-order valence-corrected chi connectivity index (χ2v) is 8.32. The third-order valence-corrected chi connectivity index (χ3v) is 5.79. The SMILES string of the molecule is COc1ccc2cc(CN(C)c3ncnc(CCc4ccc(CC(N)=O)cc4)c3F)ccc2c1. The van der Waals surface area contributed by atoms with Crippen LogP contribution in [0.3, 0.4) is 0 Å². The van der Waals surface area contributed by atoms with Crippen molar-refractivity contribution in [2.24, 2.45) is 5.73 Å². The number of anilines is 1. The molecule has 4 aromatic rings. The fraction of sp³-hybridized carbons (Fsp3) is 0.222. The zero-order valence-corrected chi connectivity index (χ0v) is 19.3. The van der Waals surface area contributed by atoms with Crippen molar-refractivity contribution in [2.45, 2.75) is 25.8 Å². The number of primary amides is 1. The highest BCUT2D eigenvalue weighted by molar-refractivity contribution is 5.84. The van der Waals surface area contributed by atoms with E-state index in [-0.39, 0.29) is 18.1 Å². The second kappa shape index (κ2) is 10.3. The number of amides is 1. The second-order valence-electron chi connectivity index (χ2n) is 8.32. The molecule has 0 radical (unpaired) electrons. The standard InChI is InChI=1S/C27H27FN4O2/c1-32(16-20-7-9-22-15-23(34-2)11-10-21(22)13-20)27-26(28)24(30-17-31-27)12-8-18-3-5-19(6-4-18)14-25(29)33/h3-7,9-11,13,15,17H,8,12,14,16H2,1-2H3,(H2,29,33). The first-order chi connectivity index (χ1) is 16.4. The van der Waals surface area contributed by atoms with Gasteiger partial charge in [0.05, 0.1) is 19.2 Å². The molecular formula is C27H27FN4O2. The van der Waals surface area contributed by atoms with Crippen LogP contribution in [0.2, 0.25) is 0 Å². The summed E-state index contributed by atoms with van der Waals surface area (Å²) in [6.07, 6.45) is 2.69. The van der Waals surface area contributed by atoms with Gasteiger partial charge < -0.3 is 15.4 Å². The van der Waals surface area contributed by atoms with E-state index in [1.54, 1.807) is 12.0 Å². The van der Waals surface area contributed by atoms with Crippen LogP contribution in [-0.4, -0.2) is 30.0 Å². The molecule has 6 nitrogen and oxygen atoms in total. The Morgan fingerprint density at radius 3 is 2.35 bits per heavy atom. The first-order valence-electron chi connectivity index (χ1n) is 11.1. The maximum Gasteiger partial charge on any atom is 0.221 e. The zero-order valence-electron chi connectivity index (χ0n) is 19.3. The average molecular weight is 459 g/mol. The van der Waals surface area contributed by atoms with Crippen LogP contribution in [0.25, 0.3) is 10.8 Å². The molecule has 0 spiro atoms. The third-order valence-electron chi connectivity index (χ3n) is 5.79. The molecule has 2 N–H and O–H groups in total. The van der Waals surface area contributed by atoms with Gasteiger partial charge in [0.25, 0.3) is 0 Å². The van der Waals surface area contributed by atoms with Gasteiger partial charge in [0.2, 0.25) is 5.91 Å².